The fourth-order valence-electron chi connectivity index (χ4n) is 1.88. The van der Waals surface area contributed by atoms with Gasteiger partial charge in [0.15, 0.2) is 0 Å². The standard InChI is InChI=1S/C12H15ClN2O2S2.ClH/c1-7(6-14)15-19(16,17)12-8(2)18-11-4-3-9(13)5-10(11)12;/h3-5,7,15H,6,14H2,1-2H3;1H/t7-;/m0./s1. The SMILES string of the molecule is Cc1sc2ccc(Cl)cc2c1S(=O)(=O)N[C@@H](C)CN.Cl. The largest absolute Gasteiger partial charge is 0.329 e. The Morgan fingerprint density at radius 1 is 1.45 bits per heavy atom. The van der Waals surface area contributed by atoms with Crippen molar-refractivity contribution in [1.29, 1.82) is 0 Å². The summed E-state index contributed by atoms with van der Waals surface area (Å²) in [6.45, 7) is 3.77. The van der Waals surface area contributed by atoms with E-state index in [1.807, 2.05) is 6.07 Å². The fourth-order valence-corrected chi connectivity index (χ4v) is 5.09. The molecule has 1 heterocycles. The lowest BCUT2D eigenvalue weighted by Crippen LogP contribution is -2.37. The molecule has 20 heavy (non-hydrogen) atoms. The van der Waals surface area contributed by atoms with Crippen LogP contribution in [-0.2, 0) is 10.0 Å². The maximum Gasteiger partial charge on any atom is 0.242 e. The zero-order valence-corrected chi connectivity index (χ0v) is 14.2. The minimum absolute atomic E-state index is 0. The van der Waals surface area contributed by atoms with E-state index in [9.17, 15) is 8.42 Å². The van der Waals surface area contributed by atoms with E-state index in [4.69, 9.17) is 17.3 Å². The Morgan fingerprint density at radius 2 is 2.10 bits per heavy atom. The fraction of sp³-hybridized carbons (Fsp3) is 0.333. The Kier molecular flexibility index (Phi) is 5.83. The van der Waals surface area contributed by atoms with Crippen LogP contribution in [0.25, 0.3) is 10.1 Å². The summed E-state index contributed by atoms with van der Waals surface area (Å²) in [7, 11) is -3.58. The summed E-state index contributed by atoms with van der Waals surface area (Å²) in [5.74, 6) is 0. The number of rotatable bonds is 4. The molecule has 0 saturated carbocycles. The van der Waals surface area contributed by atoms with E-state index in [1.54, 1.807) is 26.0 Å². The Bertz CT molecular complexity index is 714. The van der Waals surface area contributed by atoms with Gasteiger partial charge in [0.05, 0.1) is 0 Å². The molecule has 1 aromatic carbocycles. The van der Waals surface area contributed by atoms with E-state index in [2.05, 4.69) is 4.72 Å². The first-order chi connectivity index (χ1) is 8.85. The summed E-state index contributed by atoms with van der Waals surface area (Å²) in [4.78, 5) is 1.05. The van der Waals surface area contributed by atoms with Gasteiger partial charge in [-0.1, -0.05) is 11.6 Å². The molecule has 0 amide bonds. The van der Waals surface area contributed by atoms with E-state index in [-0.39, 0.29) is 25.0 Å². The lowest BCUT2D eigenvalue weighted by atomic mass is 10.2. The molecule has 0 bridgehead atoms. The number of aryl methyl sites for hydroxylation is 1. The molecular weight excluding hydrogens is 339 g/mol. The number of sulfonamides is 1. The number of benzene rings is 1. The molecule has 2 rings (SSSR count). The van der Waals surface area contributed by atoms with Crippen LogP contribution >= 0.6 is 35.3 Å². The molecule has 0 saturated heterocycles. The highest BCUT2D eigenvalue weighted by Crippen LogP contribution is 2.35. The van der Waals surface area contributed by atoms with Crippen LogP contribution in [0.5, 0.6) is 0 Å². The van der Waals surface area contributed by atoms with Gasteiger partial charge in [-0.15, -0.1) is 23.7 Å². The molecule has 1 aromatic heterocycles. The molecule has 0 radical (unpaired) electrons. The van der Waals surface area contributed by atoms with E-state index in [0.717, 1.165) is 9.58 Å². The summed E-state index contributed by atoms with van der Waals surface area (Å²) in [5.41, 5.74) is 5.46. The Labute approximate surface area is 133 Å². The molecule has 0 unspecified atom stereocenters. The molecule has 4 nitrogen and oxygen atoms in total. The monoisotopic (exact) mass is 354 g/mol. The molecule has 0 aliphatic carbocycles. The van der Waals surface area contributed by atoms with Crippen molar-refractivity contribution in [3.05, 3.63) is 28.1 Å². The molecule has 8 heteroatoms. The normalized spacial score (nSPS) is 13.2. The zero-order valence-electron chi connectivity index (χ0n) is 11.0. The minimum Gasteiger partial charge on any atom is -0.329 e. The number of fused-ring (bicyclic) bond motifs is 1. The van der Waals surface area contributed by atoms with E-state index in [1.165, 1.54) is 11.3 Å². The van der Waals surface area contributed by atoms with E-state index in [0.29, 0.717) is 15.3 Å². The van der Waals surface area contributed by atoms with Gasteiger partial charge in [0.25, 0.3) is 0 Å². The number of halogens is 2. The topological polar surface area (TPSA) is 72.2 Å². The van der Waals surface area contributed by atoms with Gasteiger partial charge in [-0.05, 0) is 32.0 Å². The predicted molar refractivity (Wildman–Crippen MR) is 87.7 cm³/mol. The van der Waals surface area contributed by atoms with Crippen molar-refractivity contribution in [3.63, 3.8) is 0 Å². The van der Waals surface area contributed by atoms with Crippen molar-refractivity contribution in [2.75, 3.05) is 6.54 Å². The third-order valence-electron chi connectivity index (χ3n) is 2.75. The maximum atomic E-state index is 12.4. The first-order valence-corrected chi connectivity index (χ1v) is 8.44. The molecular formula is C12H16Cl2N2O2S2. The van der Waals surface area contributed by atoms with Gasteiger partial charge in [0, 0.05) is 32.6 Å². The van der Waals surface area contributed by atoms with Crippen LogP contribution in [0.15, 0.2) is 23.1 Å². The number of nitrogens with two attached hydrogens (primary N) is 1. The third kappa shape index (κ3) is 3.44. The Balaban J connectivity index is 0.00000200. The van der Waals surface area contributed by atoms with Gasteiger partial charge in [0.2, 0.25) is 10.0 Å². The van der Waals surface area contributed by atoms with Gasteiger partial charge < -0.3 is 5.73 Å². The Hall–Kier alpha value is -0.370. The second-order valence-electron chi connectivity index (χ2n) is 4.39. The second kappa shape index (κ2) is 6.60. The van der Waals surface area contributed by atoms with Gasteiger partial charge in [-0.25, -0.2) is 13.1 Å². The van der Waals surface area contributed by atoms with Crippen LogP contribution < -0.4 is 10.5 Å². The smallest absolute Gasteiger partial charge is 0.242 e. The summed E-state index contributed by atoms with van der Waals surface area (Å²) in [5, 5.41) is 1.18. The maximum absolute atomic E-state index is 12.4. The lowest BCUT2D eigenvalue weighted by molar-refractivity contribution is 0.563. The first kappa shape index (κ1) is 17.7. The third-order valence-corrected chi connectivity index (χ3v) is 5.97. The Morgan fingerprint density at radius 3 is 2.70 bits per heavy atom. The summed E-state index contributed by atoms with van der Waals surface area (Å²) < 4.78 is 28.3. The molecule has 112 valence electrons. The van der Waals surface area contributed by atoms with Crippen molar-refractivity contribution in [3.8, 4) is 0 Å². The minimum atomic E-state index is -3.58. The van der Waals surface area contributed by atoms with E-state index >= 15 is 0 Å². The van der Waals surface area contributed by atoms with Gasteiger partial charge in [-0.3, -0.25) is 0 Å². The summed E-state index contributed by atoms with van der Waals surface area (Å²) >= 11 is 7.39. The zero-order chi connectivity index (χ0) is 14.2. The van der Waals surface area contributed by atoms with Crippen molar-refractivity contribution in [1.82, 2.24) is 4.72 Å². The highest BCUT2D eigenvalue weighted by Gasteiger charge is 2.24. The number of nitrogens with one attached hydrogen (secondary N) is 1. The van der Waals surface area contributed by atoms with Crippen molar-refractivity contribution < 1.29 is 8.42 Å². The molecule has 1 atom stereocenters. The summed E-state index contributed by atoms with van der Waals surface area (Å²) in [6.07, 6.45) is 0. The molecule has 0 aliphatic rings. The van der Waals surface area contributed by atoms with Crippen LogP contribution in [0, 0.1) is 6.92 Å². The number of thiophene rings is 1. The van der Waals surface area contributed by atoms with Gasteiger partial charge in [0.1, 0.15) is 4.90 Å². The van der Waals surface area contributed by atoms with Crippen LogP contribution in [0.3, 0.4) is 0 Å². The highest BCUT2D eigenvalue weighted by molar-refractivity contribution is 7.90. The van der Waals surface area contributed by atoms with Crippen LogP contribution in [-0.4, -0.2) is 21.0 Å². The molecule has 2 aromatic rings. The molecule has 3 N–H and O–H groups in total. The highest BCUT2D eigenvalue weighted by atomic mass is 35.5. The van der Waals surface area contributed by atoms with Gasteiger partial charge >= 0.3 is 0 Å². The molecule has 0 aliphatic heterocycles. The molecule has 0 spiro atoms. The van der Waals surface area contributed by atoms with Gasteiger partial charge in [-0.2, -0.15) is 0 Å². The second-order valence-corrected chi connectivity index (χ2v) is 7.73. The molecule has 0 fully saturated rings. The predicted octanol–water partition coefficient (Wildman–Crippen LogP) is 2.91. The number of hydrogen-bond acceptors (Lipinski definition) is 4. The first-order valence-electron chi connectivity index (χ1n) is 5.76. The summed E-state index contributed by atoms with van der Waals surface area (Å²) in [6, 6.07) is 4.97. The number of hydrogen-bond donors (Lipinski definition) is 2. The van der Waals surface area contributed by atoms with Crippen LogP contribution in [0.1, 0.15) is 11.8 Å². The van der Waals surface area contributed by atoms with Crippen molar-refractivity contribution >= 4 is 55.5 Å². The van der Waals surface area contributed by atoms with Crippen LogP contribution in [0.2, 0.25) is 5.02 Å². The average molecular weight is 355 g/mol. The lowest BCUT2D eigenvalue weighted by Gasteiger charge is -2.12. The average Bonchev–Trinajstić information content (AvgIpc) is 2.64. The van der Waals surface area contributed by atoms with Crippen molar-refractivity contribution in [2.24, 2.45) is 5.73 Å². The van der Waals surface area contributed by atoms with Crippen LogP contribution in [0.4, 0.5) is 0 Å². The van der Waals surface area contributed by atoms with Crippen molar-refractivity contribution in [2.45, 2.75) is 24.8 Å². The quantitative estimate of drug-likeness (QED) is 0.886. The van der Waals surface area contributed by atoms with E-state index < -0.39 is 10.0 Å².